The monoisotopic (exact) mass is 262 g/mol. The third-order valence-electron chi connectivity index (χ3n) is 2.33. The number of nitrogens with one attached hydrogen (secondary N) is 3. The minimum atomic E-state index is -0.134. The molecule has 0 saturated carbocycles. The zero-order valence-corrected chi connectivity index (χ0v) is 11.0. The molecular formula is C12H14N4OS. The average molecular weight is 262 g/mol. The van der Waals surface area contributed by atoms with Crippen molar-refractivity contribution in [3.8, 4) is 0 Å². The number of carbonyl (C=O) groups excluding carboxylic acids is 1. The molecule has 0 aliphatic carbocycles. The van der Waals surface area contributed by atoms with Crippen LogP contribution in [0.15, 0.2) is 29.4 Å². The molecule has 1 aliphatic heterocycles. The van der Waals surface area contributed by atoms with Gasteiger partial charge in [-0.15, -0.1) is 0 Å². The molecule has 6 heteroatoms. The van der Waals surface area contributed by atoms with Crippen LogP contribution >= 0.6 is 12.2 Å². The molecule has 0 aromatic heterocycles. The lowest BCUT2D eigenvalue weighted by molar-refractivity contribution is 0.106. The Hall–Kier alpha value is -1.95. The van der Waals surface area contributed by atoms with Crippen molar-refractivity contribution in [1.29, 1.82) is 0 Å². The van der Waals surface area contributed by atoms with Crippen LogP contribution in [0.1, 0.15) is 24.2 Å². The number of Topliss-reactive ketones (excluding diaryl/α,β-unsaturated/α-hetero) is 1. The van der Waals surface area contributed by atoms with E-state index in [9.17, 15) is 4.79 Å². The highest BCUT2D eigenvalue weighted by Crippen LogP contribution is 2.22. The number of anilines is 1. The quantitative estimate of drug-likeness (QED) is 0.556. The summed E-state index contributed by atoms with van der Waals surface area (Å²) < 4.78 is 0. The summed E-state index contributed by atoms with van der Waals surface area (Å²) in [4.78, 5) is 11.9. The van der Waals surface area contributed by atoms with Gasteiger partial charge in [0.2, 0.25) is 5.78 Å². The smallest absolute Gasteiger partial charge is 0.232 e. The Morgan fingerprint density at radius 2 is 2.11 bits per heavy atom. The highest BCUT2D eigenvalue weighted by Gasteiger charge is 2.25. The van der Waals surface area contributed by atoms with Gasteiger partial charge in [0.05, 0.1) is 5.69 Å². The summed E-state index contributed by atoms with van der Waals surface area (Å²) in [7, 11) is 0. The number of para-hydroxylation sites is 1. The third-order valence-corrected chi connectivity index (χ3v) is 2.54. The number of fused-ring (bicyclic) bond motifs is 1. The lowest BCUT2D eigenvalue weighted by atomic mass is 10.1. The van der Waals surface area contributed by atoms with Crippen molar-refractivity contribution in [2.24, 2.45) is 5.10 Å². The van der Waals surface area contributed by atoms with Gasteiger partial charge in [-0.25, -0.2) is 0 Å². The lowest BCUT2D eigenvalue weighted by Gasteiger charge is -2.09. The van der Waals surface area contributed by atoms with Crippen LogP contribution in [0.4, 0.5) is 5.69 Å². The molecule has 0 spiro atoms. The van der Waals surface area contributed by atoms with Crippen LogP contribution < -0.4 is 16.1 Å². The summed E-state index contributed by atoms with van der Waals surface area (Å²) in [6.45, 7) is 3.94. The number of hydrogen-bond acceptors (Lipinski definition) is 3. The maximum absolute atomic E-state index is 11.9. The molecule has 3 N–H and O–H groups in total. The van der Waals surface area contributed by atoms with E-state index in [0.717, 1.165) is 5.69 Å². The van der Waals surface area contributed by atoms with Crippen LogP contribution in [0, 0.1) is 0 Å². The first-order chi connectivity index (χ1) is 8.58. The van der Waals surface area contributed by atoms with E-state index in [4.69, 9.17) is 12.2 Å². The molecule has 0 saturated heterocycles. The van der Waals surface area contributed by atoms with Crippen LogP contribution in [0.25, 0.3) is 0 Å². The third kappa shape index (κ3) is 2.65. The minimum Gasteiger partial charge on any atom is -0.359 e. The van der Waals surface area contributed by atoms with Gasteiger partial charge < -0.3 is 10.6 Å². The molecule has 0 bridgehead atoms. The van der Waals surface area contributed by atoms with Gasteiger partial charge in [-0.05, 0) is 38.2 Å². The van der Waals surface area contributed by atoms with E-state index in [1.54, 1.807) is 6.07 Å². The Balaban J connectivity index is 2.05. The largest absolute Gasteiger partial charge is 0.359 e. The summed E-state index contributed by atoms with van der Waals surface area (Å²) in [5.74, 6) is 0.120. The second-order valence-corrected chi connectivity index (χ2v) is 4.61. The SMILES string of the molecule is CC(C)NC(=S)NN=C1Nc2ccccc2C1=O. The van der Waals surface area contributed by atoms with Gasteiger partial charge in [-0.2, -0.15) is 5.10 Å². The van der Waals surface area contributed by atoms with E-state index in [1.165, 1.54) is 0 Å². The lowest BCUT2D eigenvalue weighted by Crippen LogP contribution is -2.37. The van der Waals surface area contributed by atoms with E-state index in [1.807, 2.05) is 32.0 Å². The molecular weight excluding hydrogens is 248 g/mol. The fourth-order valence-corrected chi connectivity index (χ4v) is 1.86. The summed E-state index contributed by atoms with van der Waals surface area (Å²) in [5.41, 5.74) is 4.04. The predicted molar refractivity (Wildman–Crippen MR) is 75.8 cm³/mol. The number of benzene rings is 1. The number of hydrogen-bond donors (Lipinski definition) is 3. The van der Waals surface area contributed by atoms with E-state index in [-0.39, 0.29) is 17.7 Å². The van der Waals surface area contributed by atoms with E-state index < -0.39 is 0 Å². The van der Waals surface area contributed by atoms with Gasteiger partial charge in [0.15, 0.2) is 10.9 Å². The molecule has 0 amide bonds. The molecule has 2 rings (SSSR count). The maximum atomic E-state index is 11.9. The van der Waals surface area contributed by atoms with Gasteiger partial charge in [-0.3, -0.25) is 10.2 Å². The van der Waals surface area contributed by atoms with Crippen molar-refractivity contribution in [3.63, 3.8) is 0 Å². The molecule has 1 aromatic rings. The Labute approximate surface area is 111 Å². The predicted octanol–water partition coefficient (Wildman–Crippen LogP) is 1.48. The van der Waals surface area contributed by atoms with Crippen molar-refractivity contribution >= 4 is 34.6 Å². The molecule has 1 aromatic carbocycles. The number of rotatable bonds is 2. The molecule has 0 atom stereocenters. The first kappa shape index (κ1) is 12.5. The van der Waals surface area contributed by atoms with Crippen LogP contribution in [0.5, 0.6) is 0 Å². The highest BCUT2D eigenvalue weighted by atomic mass is 32.1. The van der Waals surface area contributed by atoms with Crippen molar-refractivity contribution < 1.29 is 4.79 Å². The summed E-state index contributed by atoms with van der Waals surface area (Å²) in [6, 6.07) is 7.49. The fourth-order valence-electron chi connectivity index (χ4n) is 1.58. The Morgan fingerprint density at radius 1 is 1.39 bits per heavy atom. The molecule has 0 radical (unpaired) electrons. The standard InChI is InChI=1S/C12H14N4OS/c1-7(2)13-12(18)16-15-11-10(17)8-5-3-4-6-9(8)14-11/h3-7H,1-2H3,(H2,13,16,18)(H,14,15,17). The van der Waals surface area contributed by atoms with Crippen molar-refractivity contribution in [2.45, 2.75) is 19.9 Å². The number of carbonyl (C=O) groups is 1. The molecule has 0 fully saturated rings. The van der Waals surface area contributed by atoms with Gasteiger partial charge in [0.1, 0.15) is 0 Å². The summed E-state index contributed by atoms with van der Waals surface area (Å²) in [5, 5.41) is 10.3. The first-order valence-corrected chi connectivity index (χ1v) is 6.03. The second kappa shape index (κ2) is 5.14. The summed E-state index contributed by atoms with van der Waals surface area (Å²) >= 11 is 5.02. The van der Waals surface area contributed by atoms with Gasteiger partial charge in [-0.1, -0.05) is 12.1 Å². The Bertz CT molecular complexity index is 525. The van der Waals surface area contributed by atoms with Crippen molar-refractivity contribution in [2.75, 3.05) is 5.32 Å². The second-order valence-electron chi connectivity index (χ2n) is 4.20. The van der Waals surface area contributed by atoms with Crippen LogP contribution in [-0.4, -0.2) is 22.8 Å². The molecule has 1 aliphatic rings. The number of amidine groups is 1. The van der Waals surface area contributed by atoms with E-state index in [0.29, 0.717) is 10.7 Å². The normalized spacial score (nSPS) is 15.5. The Morgan fingerprint density at radius 3 is 2.78 bits per heavy atom. The van der Waals surface area contributed by atoms with Crippen molar-refractivity contribution in [3.05, 3.63) is 29.8 Å². The zero-order chi connectivity index (χ0) is 13.1. The van der Waals surface area contributed by atoms with E-state index >= 15 is 0 Å². The van der Waals surface area contributed by atoms with Crippen LogP contribution in [0.2, 0.25) is 0 Å². The van der Waals surface area contributed by atoms with Gasteiger partial charge in [0, 0.05) is 11.6 Å². The fraction of sp³-hybridized carbons (Fsp3) is 0.250. The Kier molecular flexibility index (Phi) is 3.57. The topological polar surface area (TPSA) is 65.5 Å². The number of nitrogens with zero attached hydrogens (tertiary/aromatic N) is 1. The van der Waals surface area contributed by atoms with Crippen molar-refractivity contribution in [1.82, 2.24) is 10.7 Å². The van der Waals surface area contributed by atoms with E-state index in [2.05, 4.69) is 21.2 Å². The minimum absolute atomic E-state index is 0.134. The average Bonchev–Trinajstić information content (AvgIpc) is 2.64. The molecule has 1 heterocycles. The molecule has 94 valence electrons. The van der Waals surface area contributed by atoms with Gasteiger partial charge >= 0.3 is 0 Å². The number of thiocarbonyl (C=S) groups is 1. The van der Waals surface area contributed by atoms with Crippen LogP contribution in [-0.2, 0) is 0 Å². The van der Waals surface area contributed by atoms with Crippen LogP contribution in [0.3, 0.4) is 0 Å². The molecule has 18 heavy (non-hydrogen) atoms. The zero-order valence-electron chi connectivity index (χ0n) is 10.2. The number of ketones is 1. The van der Waals surface area contributed by atoms with Gasteiger partial charge in [0.25, 0.3) is 0 Å². The summed E-state index contributed by atoms with van der Waals surface area (Å²) in [6.07, 6.45) is 0. The maximum Gasteiger partial charge on any atom is 0.232 e. The first-order valence-electron chi connectivity index (χ1n) is 5.63. The number of hydrazone groups is 1. The highest BCUT2D eigenvalue weighted by molar-refractivity contribution is 7.80. The molecule has 5 nitrogen and oxygen atoms in total. The molecule has 0 unspecified atom stereocenters.